The van der Waals surface area contributed by atoms with E-state index >= 15 is 0 Å². The van der Waals surface area contributed by atoms with Gasteiger partial charge in [0.25, 0.3) is 0 Å². The molecule has 200 valence electrons. The lowest BCUT2D eigenvalue weighted by Gasteiger charge is -2.14. The summed E-state index contributed by atoms with van der Waals surface area (Å²) >= 11 is -0.995. The van der Waals surface area contributed by atoms with Crippen molar-refractivity contribution in [1.82, 2.24) is 14.8 Å². The fourth-order valence-corrected chi connectivity index (χ4v) is 4.85. The van der Waals surface area contributed by atoms with E-state index in [9.17, 15) is 17.7 Å². The summed E-state index contributed by atoms with van der Waals surface area (Å²) in [6.45, 7) is 2.15. The minimum Gasteiger partial charge on any atom is -0.616 e. The molecule has 0 aliphatic heterocycles. The molecule has 1 unspecified atom stereocenters. The molecule has 0 fully saturated rings. The molecule has 38 heavy (non-hydrogen) atoms. The predicted molar refractivity (Wildman–Crippen MR) is 138 cm³/mol. The van der Waals surface area contributed by atoms with Crippen LogP contribution in [0.1, 0.15) is 34.0 Å². The summed E-state index contributed by atoms with van der Waals surface area (Å²) in [4.78, 5) is 4.34. The smallest absolute Gasteiger partial charge is 0.573 e. The SMILES string of the molecule is Cc1cc(OCc2coc(/C=C/c3ccc(OC(F)(F)F)cc3)n2)ccc1C[S+]([O-])CCc1ccnn1C. The Hall–Kier alpha value is -3.70. The topological polar surface area (TPSA) is 85.4 Å². The molecule has 2 heterocycles. The second kappa shape index (κ2) is 12.2. The summed E-state index contributed by atoms with van der Waals surface area (Å²) in [6, 6.07) is 13.1. The molecule has 4 aromatic rings. The van der Waals surface area contributed by atoms with Crippen LogP contribution in [-0.2, 0) is 37.0 Å². The van der Waals surface area contributed by atoms with Gasteiger partial charge in [-0.3, -0.25) is 4.68 Å². The summed E-state index contributed by atoms with van der Waals surface area (Å²) in [6.07, 6.45) is 2.47. The summed E-state index contributed by atoms with van der Waals surface area (Å²) in [7, 11) is 1.88. The molecule has 7 nitrogen and oxygen atoms in total. The first-order chi connectivity index (χ1) is 18.1. The summed E-state index contributed by atoms with van der Waals surface area (Å²) in [5.74, 6) is 1.74. The molecule has 0 amide bonds. The van der Waals surface area contributed by atoms with Crippen LogP contribution >= 0.6 is 0 Å². The number of oxazole rings is 1. The monoisotopic (exact) mass is 545 g/mol. The maximum Gasteiger partial charge on any atom is 0.573 e. The average molecular weight is 546 g/mol. The van der Waals surface area contributed by atoms with Crippen LogP contribution in [-0.4, -0.2) is 31.4 Å². The Morgan fingerprint density at radius 3 is 2.53 bits per heavy atom. The zero-order valence-corrected chi connectivity index (χ0v) is 21.6. The first-order valence-electron chi connectivity index (χ1n) is 11.7. The van der Waals surface area contributed by atoms with E-state index in [0.29, 0.717) is 40.8 Å². The zero-order chi connectivity index (χ0) is 27.1. The molecule has 4 rings (SSSR count). The largest absolute Gasteiger partial charge is 0.616 e. The lowest BCUT2D eigenvalue weighted by molar-refractivity contribution is -0.274. The number of nitrogens with zero attached hydrogens (tertiary/aromatic N) is 3. The number of hydrogen-bond acceptors (Lipinski definition) is 6. The third-order valence-electron chi connectivity index (χ3n) is 5.63. The number of aryl methyl sites for hydroxylation is 3. The first-order valence-corrected chi connectivity index (χ1v) is 13.2. The number of aromatic nitrogens is 3. The second-order valence-electron chi connectivity index (χ2n) is 8.49. The van der Waals surface area contributed by atoms with Gasteiger partial charge in [0.05, 0.1) is 0 Å². The van der Waals surface area contributed by atoms with E-state index in [2.05, 4.69) is 14.8 Å². The summed E-state index contributed by atoms with van der Waals surface area (Å²) in [5, 5.41) is 4.13. The molecule has 0 bridgehead atoms. The van der Waals surface area contributed by atoms with Gasteiger partial charge in [-0.2, -0.15) is 5.10 Å². The molecular formula is C27H26F3N3O4S. The highest BCUT2D eigenvalue weighted by molar-refractivity contribution is 7.90. The van der Waals surface area contributed by atoms with Gasteiger partial charge in [-0.1, -0.05) is 18.2 Å². The summed E-state index contributed by atoms with van der Waals surface area (Å²) in [5.41, 5.74) is 4.29. The molecule has 1 atom stereocenters. The quantitative estimate of drug-likeness (QED) is 0.220. The van der Waals surface area contributed by atoms with Crippen LogP contribution in [0.5, 0.6) is 11.5 Å². The highest BCUT2D eigenvalue weighted by Gasteiger charge is 2.30. The van der Waals surface area contributed by atoms with E-state index in [1.54, 1.807) is 23.0 Å². The minimum absolute atomic E-state index is 0.191. The van der Waals surface area contributed by atoms with E-state index in [-0.39, 0.29) is 12.4 Å². The van der Waals surface area contributed by atoms with Gasteiger partial charge in [0.1, 0.15) is 41.6 Å². The fourth-order valence-electron chi connectivity index (χ4n) is 3.60. The Kier molecular flexibility index (Phi) is 8.80. The van der Waals surface area contributed by atoms with Crippen molar-refractivity contribution < 1.29 is 31.6 Å². The van der Waals surface area contributed by atoms with Crippen molar-refractivity contribution in [1.29, 1.82) is 0 Å². The van der Waals surface area contributed by atoms with Gasteiger partial charge in [-0.05, 0) is 65.6 Å². The van der Waals surface area contributed by atoms with Crippen LogP contribution in [0.3, 0.4) is 0 Å². The van der Waals surface area contributed by atoms with E-state index < -0.39 is 17.5 Å². The van der Waals surface area contributed by atoms with Gasteiger partial charge in [0, 0.05) is 37.0 Å². The fraction of sp³-hybridized carbons (Fsp3) is 0.259. The Morgan fingerprint density at radius 2 is 1.84 bits per heavy atom. The van der Waals surface area contributed by atoms with Gasteiger partial charge in [-0.25, -0.2) is 4.98 Å². The van der Waals surface area contributed by atoms with E-state index in [4.69, 9.17) is 9.15 Å². The maximum atomic E-state index is 12.6. The van der Waals surface area contributed by atoms with Crippen LogP contribution in [0.15, 0.2) is 65.4 Å². The van der Waals surface area contributed by atoms with Crippen molar-refractivity contribution in [3.8, 4) is 11.5 Å². The van der Waals surface area contributed by atoms with E-state index in [0.717, 1.165) is 16.8 Å². The average Bonchev–Trinajstić information content (AvgIpc) is 3.50. The molecule has 0 spiro atoms. The molecule has 0 aliphatic rings. The van der Waals surface area contributed by atoms with Crippen LogP contribution in [0.4, 0.5) is 13.2 Å². The van der Waals surface area contributed by atoms with Crippen molar-refractivity contribution >= 4 is 23.3 Å². The molecule has 2 aromatic carbocycles. The van der Waals surface area contributed by atoms with Crippen LogP contribution in [0.25, 0.3) is 12.2 Å². The Morgan fingerprint density at radius 1 is 1.08 bits per heavy atom. The van der Waals surface area contributed by atoms with Crippen molar-refractivity contribution in [2.24, 2.45) is 7.05 Å². The van der Waals surface area contributed by atoms with E-state index in [1.807, 2.05) is 38.2 Å². The van der Waals surface area contributed by atoms with Crippen molar-refractivity contribution in [3.63, 3.8) is 0 Å². The highest BCUT2D eigenvalue weighted by Crippen LogP contribution is 2.24. The standard InChI is InChI=1S/C27H26F3N3O4S/c1-19-15-25(9-6-21(19)18-38(34)14-12-23-11-13-31-33(23)2)35-16-22-17-36-26(32-22)10-5-20-3-7-24(8-4-20)37-27(28,29)30/h3-11,13,15,17H,12,14,16,18H2,1-2H3/b10-5+. The molecule has 0 radical (unpaired) electrons. The number of hydrogen-bond donors (Lipinski definition) is 0. The summed E-state index contributed by atoms with van der Waals surface area (Å²) < 4.78 is 66.3. The number of alkyl halides is 3. The molecule has 0 aliphatic carbocycles. The minimum atomic E-state index is -4.73. The second-order valence-corrected chi connectivity index (χ2v) is 10.1. The highest BCUT2D eigenvalue weighted by atomic mass is 32.2. The Bertz CT molecular complexity index is 1370. The third-order valence-corrected chi connectivity index (χ3v) is 6.92. The molecule has 11 heteroatoms. The van der Waals surface area contributed by atoms with Crippen molar-refractivity contribution in [2.45, 2.75) is 32.1 Å². The molecule has 0 saturated carbocycles. The Balaban J connectivity index is 1.25. The lowest BCUT2D eigenvalue weighted by Crippen LogP contribution is -2.16. The maximum absolute atomic E-state index is 12.6. The van der Waals surface area contributed by atoms with Crippen LogP contribution in [0.2, 0.25) is 0 Å². The normalized spacial score (nSPS) is 12.7. The number of rotatable bonds is 11. The number of benzene rings is 2. The van der Waals surface area contributed by atoms with Gasteiger partial charge >= 0.3 is 6.36 Å². The van der Waals surface area contributed by atoms with Crippen LogP contribution < -0.4 is 9.47 Å². The van der Waals surface area contributed by atoms with Crippen LogP contribution in [0, 0.1) is 6.92 Å². The Labute approximate surface area is 221 Å². The van der Waals surface area contributed by atoms with Gasteiger partial charge in [0.15, 0.2) is 0 Å². The van der Waals surface area contributed by atoms with Crippen molar-refractivity contribution in [2.75, 3.05) is 5.75 Å². The molecular weight excluding hydrogens is 519 g/mol. The number of halogens is 3. The lowest BCUT2D eigenvalue weighted by atomic mass is 10.1. The molecule has 2 aromatic heterocycles. The molecule has 0 N–H and O–H groups in total. The first kappa shape index (κ1) is 27.3. The van der Waals surface area contributed by atoms with Crippen molar-refractivity contribution in [3.05, 3.63) is 95.0 Å². The predicted octanol–water partition coefficient (Wildman–Crippen LogP) is 5.86. The molecule has 0 saturated heterocycles. The van der Waals surface area contributed by atoms with Gasteiger partial charge < -0.3 is 18.4 Å². The van der Waals surface area contributed by atoms with Gasteiger partial charge in [0.2, 0.25) is 5.89 Å². The third kappa shape index (κ3) is 8.15. The number of ether oxygens (including phenoxy) is 2. The van der Waals surface area contributed by atoms with Gasteiger partial charge in [-0.15, -0.1) is 13.2 Å². The van der Waals surface area contributed by atoms with E-state index in [1.165, 1.54) is 30.5 Å². The zero-order valence-electron chi connectivity index (χ0n) is 20.8.